The summed E-state index contributed by atoms with van der Waals surface area (Å²) in [6.45, 7) is 4.86. The van der Waals surface area contributed by atoms with Crippen molar-refractivity contribution in [3.8, 4) is 0 Å². The SMILES string of the molecule is CCCCC/C=C\CCCCCCCC(=O)OCCCC/C=C\CCCCCCCC(=O)NC(CO)C(O)CCCCCCCCCCCCCCCCCCCCCCCCCCC. The molecule has 0 spiro atoms. The zero-order chi connectivity index (χ0) is 47.2. The van der Waals surface area contributed by atoms with Crippen LogP contribution in [-0.4, -0.2) is 47.4 Å². The van der Waals surface area contributed by atoms with Crippen LogP contribution in [-0.2, 0) is 14.3 Å². The normalized spacial score (nSPS) is 12.7. The molecule has 384 valence electrons. The van der Waals surface area contributed by atoms with Crippen molar-refractivity contribution in [2.24, 2.45) is 0 Å². The highest BCUT2D eigenvalue weighted by molar-refractivity contribution is 5.76. The Bertz CT molecular complexity index is 1010. The second-order valence-corrected chi connectivity index (χ2v) is 20.0. The standard InChI is InChI=1S/C59H113NO5/c1-3-5-7-9-11-13-15-17-18-19-20-21-22-23-24-25-26-27-28-29-31-35-39-43-47-51-57(62)56(55-61)60-58(63)52-48-44-40-36-32-30-34-38-42-46-50-54-65-59(64)53-49-45-41-37-33-16-14-12-10-8-6-4-2/h12,14,34,38,56-57,61-62H,3-11,13,15-33,35-37,39-55H2,1-2H3,(H,60,63)/b14-12-,38-34-. The summed E-state index contributed by atoms with van der Waals surface area (Å²) in [4.78, 5) is 24.5. The lowest BCUT2D eigenvalue weighted by molar-refractivity contribution is -0.143. The number of aliphatic hydroxyl groups is 2. The smallest absolute Gasteiger partial charge is 0.305 e. The van der Waals surface area contributed by atoms with E-state index in [9.17, 15) is 19.8 Å². The molecular formula is C59H113NO5. The maximum absolute atomic E-state index is 12.5. The number of rotatable bonds is 54. The van der Waals surface area contributed by atoms with E-state index in [1.165, 1.54) is 199 Å². The van der Waals surface area contributed by atoms with Gasteiger partial charge in [0, 0.05) is 12.8 Å². The highest BCUT2D eigenvalue weighted by Gasteiger charge is 2.20. The van der Waals surface area contributed by atoms with Crippen LogP contribution >= 0.6 is 0 Å². The molecule has 0 aliphatic heterocycles. The van der Waals surface area contributed by atoms with Gasteiger partial charge in [-0.3, -0.25) is 9.59 Å². The lowest BCUT2D eigenvalue weighted by Crippen LogP contribution is -2.45. The quantitative estimate of drug-likeness (QED) is 0.0321. The van der Waals surface area contributed by atoms with Crippen LogP contribution in [0.25, 0.3) is 0 Å². The van der Waals surface area contributed by atoms with Crippen molar-refractivity contribution in [2.45, 2.75) is 328 Å². The zero-order valence-corrected chi connectivity index (χ0v) is 43.7. The largest absolute Gasteiger partial charge is 0.466 e. The van der Waals surface area contributed by atoms with Crippen LogP contribution in [0.2, 0.25) is 0 Å². The van der Waals surface area contributed by atoms with Crippen molar-refractivity contribution < 1.29 is 24.5 Å². The van der Waals surface area contributed by atoms with Gasteiger partial charge in [-0.1, -0.05) is 250 Å². The summed E-state index contributed by atoms with van der Waals surface area (Å²) in [6, 6.07) is -0.564. The van der Waals surface area contributed by atoms with Gasteiger partial charge in [-0.05, 0) is 77.0 Å². The molecule has 0 heterocycles. The zero-order valence-electron chi connectivity index (χ0n) is 43.7. The molecule has 3 N–H and O–H groups in total. The van der Waals surface area contributed by atoms with Gasteiger partial charge in [0.1, 0.15) is 0 Å². The highest BCUT2D eigenvalue weighted by Crippen LogP contribution is 2.17. The summed E-state index contributed by atoms with van der Waals surface area (Å²) in [5.41, 5.74) is 0. The number of amides is 1. The van der Waals surface area contributed by atoms with E-state index in [0.717, 1.165) is 83.5 Å². The number of ether oxygens (including phenoxy) is 1. The number of carbonyl (C=O) groups excluding carboxylic acids is 2. The van der Waals surface area contributed by atoms with Gasteiger partial charge in [0.2, 0.25) is 5.91 Å². The van der Waals surface area contributed by atoms with Crippen LogP contribution in [0.15, 0.2) is 24.3 Å². The van der Waals surface area contributed by atoms with Gasteiger partial charge in [0.05, 0.1) is 25.4 Å². The predicted molar refractivity (Wildman–Crippen MR) is 283 cm³/mol. The van der Waals surface area contributed by atoms with E-state index in [0.29, 0.717) is 25.9 Å². The van der Waals surface area contributed by atoms with Crippen molar-refractivity contribution in [1.82, 2.24) is 5.32 Å². The van der Waals surface area contributed by atoms with E-state index in [-0.39, 0.29) is 18.5 Å². The molecule has 0 saturated heterocycles. The Morgan fingerprint density at radius 2 is 0.723 bits per heavy atom. The summed E-state index contributed by atoms with van der Waals surface area (Å²) < 4.78 is 5.42. The van der Waals surface area contributed by atoms with Crippen LogP contribution < -0.4 is 5.32 Å². The first-order valence-electron chi connectivity index (χ1n) is 29.1. The maximum atomic E-state index is 12.5. The minimum absolute atomic E-state index is 0.0405. The maximum Gasteiger partial charge on any atom is 0.305 e. The molecule has 6 heteroatoms. The molecule has 0 saturated carbocycles. The van der Waals surface area contributed by atoms with E-state index in [1.54, 1.807) is 0 Å². The average molecular weight is 917 g/mol. The molecule has 0 aliphatic carbocycles. The molecule has 0 aromatic carbocycles. The molecule has 0 aliphatic rings. The molecular weight excluding hydrogens is 803 g/mol. The van der Waals surface area contributed by atoms with Crippen LogP contribution in [0.3, 0.4) is 0 Å². The van der Waals surface area contributed by atoms with Crippen LogP contribution in [0.1, 0.15) is 316 Å². The third-order valence-corrected chi connectivity index (χ3v) is 13.5. The van der Waals surface area contributed by atoms with Gasteiger partial charge in [-0.2, -0.15) is 0 Å². The second kappa shape index (κ2) is 54.9. The number of esters is 1. The summed E-state index contributed by atoms with van der Waals surface area (Å²) in [5, 5.41) is 23.3. The Morgan fingerprint density at radius 3 is 1.12 bits per heavy atom. The highest BCUT2D eigenvalue weighted by atomic mass is 16.5. The monoisotopic (exact) mass is 916 g/mol. The van der Waals surface area contributed by atoms with Crippen LogP contribution in [0.4, 0.5) is 0 Å². The van der Waals surface area contributed by atoms with E-state index in [2.05, 4.69) is 43.5 Å². The Balaban J connectivity index is 3.49. The predicted octanol–water partition coefficient (Wildman–Crippen LogP) is 17.9. The summed E-state index contributed by atoms with van der Waals surface area (Å²) in [6.07, 6.45) is 66.1. The van der Waals surface area contributed by atoms with Gasteiger partial charge >= 0.3 is 5.97 Å². The van der Waals surface area contributed by atoms with Crippen molar-refractivity contribution in [3.05, 3.63) is 24.3 Å². The minimum atomic E-state index is -0.684. The lowest BCUT2D eigenvalue weighted by Gasteiger charge is -2.22. The summed E-state index contributed by atoms with van der Waals surface area (Å²) in [7, 11) is 0. The fourth-order valence-electron chi connectivity index (χ4n) is 8.98. The van der Waals surface area contributed by atoms with Crippen LogP contribution in [0, 0.1) is 0 Å². The Kier molecular flexibility index (Phi) is 53.5. The third-order valence-electron chi connectivity index (χ3n) is 13.5. The topological polar surface area (TPSA) is 95.9 Å². The van der Waals surface area contributed by atoms with E-state index in [4.69, 9.17) is 4.74 Å². The second-order valence-electron chi connectivity index (χ2n) is 20.0. The lowest BCUT2D eigenvalue weighted by atomic mass is 10.0. The van der Waals surface area contributed by atoms with Gasteiger partial charge in [-0.25, -0.2) is 0 Å². The number of aliphatic hydroxyl groups excluding tert-OH is 2. The molecule has 0 radical (unpaired) electrons. The minimum Gasteiger partial charge on any atom is -0.466 e. The molecule has 0 rings (SSSR count). The molecule has 0 fully saturated rings. The number of hydrogen-bond acceptors (Lipinski definition) is 5. The fourth-order valence-corrected chi connectivity index (χ4v) is 8.98. The Hall–Kier alpha value is -1.66. The van der Waals surface area contributed by atoms with Crippen LogP contribution in [0.5, 0.6) is 0 Å². The molecule has 6 nitrogen and oxygen atoms in total. The fraction of sp³-hybridized carbons (Fsp3) is 0.898. The Morgan fingerprint density at radius 1 is 0.415 bits per heavy atom. The average Bonchev–Trinajstić information content (AvgIpc) is 3.31. The number of unbranched alkanes of at least 4 members (excludes halogenated alkanes) is 39. The molecule has 1 amide bonds. The molecule has 0 aromatic rings. The van der Waals surface area contributed by atoms with E-state index in [1.807, 2.05) is 0 Å². The molecule has 2 atom stereocenters. The van der Waals surface area contributed by atoms with E-state index >= 15 is 0 Å². The number of carbonyl (C=O) groups is 2. The van der Waals surface area contributed by atoms with Gasteiger partial charge in [0.15, 0.2) is 0 Å². The van der Waals surface area contributed by atoms with Gasteiger partial charge < -0.3 is 20.3 Å². The Labute approximate surface area is 405 Å². The van der Waals surface area contributed by atoms with Gasteiger partial charge in [0.25, 0.3) is 0 Å². The number of nitrogens with one attached hydrogen (secondary N) is 1. The number of allylic oxidation sites excluding steroid dienone is 4. The first-order chi connectivity index (χ1) is 32.0. The van der Waals surface area contributed by atoms with Gasteiger partial charge in [-0.15, -0.1) is 0 Å². The molecule has 0 aromatic heterocycles. The molecule has 65 heavy (non-hydrogen) atoms. The summed E-state index contributed by atoms with van der Waals surface area (Å²) in [5.74, 6) is -0.102. The first-order valence-corrected chi connectivity index (χ1v) is 29.1. The van der Waals surface area contributed by atoms with Crippen molar-refractivity contribution >= 4 is 11.9 Å². The number of hydrogen-bond donors (Lipinski definition) is 3. The van der Waals surface area contributed by atoms with Crippen molar-refractivity contribution in [1.29, 1.82) is 0 Å². The first kappa shape index (κ1) is 63.3. The van der Waals surface area contributed by atoms with Crippen molar-refractivity contribution in [3.63, 3.8) is 0 Å². The van der Waals surface area contributed by atoms with Crippen molar-refractivity contribution in [2.75, 3.05) is 13.2 Å². The molecule has 2 unspecified atom stereocenters. The molecule has 0 bridgehead atoms. The van der Waals surface area contributed by atoms with E-state index < -0.39 is 12.1 Å². The third kappa shape index (κ3) is 51.6. The summed E-state index contributed by atoms with van der Waals surface area (Å²) >= 11 is 0.